The quantitative estimate of drug-likeness (QED) is 0.277. The molecular formula is C26H34N2O5. The maximum absolute atomic E-state index is 13.2. The first kappa shape index (κ1) is 26.1. The Morgan fingerprint density at radius 1 is 1.09 bits per heavy atom. The average Bonchev–Trinajstić information content (AvgIpc) is 2.75. The molecule has 0 N–H and O–H groups in total. The molecule has 2 amide bonds. The second-order valence-corrected chi connectivity index (χ2v) is 8.55. The van der Waals surface area contributed by atoms with Crippen LogP contribution in [0.5, 0.6) is 11.5 Å². The molecule has 0 aliphatic carbocycles. The Hall–Kier alpha value is -3.11. The Morgan fingerprint density at radius 2 is 1.82 bits per heavy atom. The Bertz CT molecular complexity index is 969. The second kappa shape index (κ2) is 12.2. The van der Waals surface area contributed by atoms with Crippen molar-refractivity contribution < 1.29 is 23.8 Å². The van der Waals surface area contributed by atoms with Gasteiger partial charge < -0.3 is 14.2 Å². The molecule has 0 atom stereocenters. The summed E-state index contributed by atoms with van der Waals surface area (Å²) in [5, 5.41) is 9.56. The van der Waals surface area contributed by atoms with Crippen molar-refractivity contribution in [3.05, 3.63) is 40.5 Å². The number of imide groups is 1. The maximum atomic E-state index is 13.2. The Balaban J connectivity index is 2.37. The lowest BCUT2D eigenvalue weighted by molar-refractivity contribution is -0.140. The van der Waals surface area contributed by atoms with Crippen LogP contribution < -0.4 is 9.47 Å². The summed E-state index contributed by atoms with van der Waals surface area (Å²) in [6.07, 6.45) is 2.25. The van der Waals surface area contributed by atoms with Crippen LogP contribution in [-0.2, 0) is 14.3 Å². The average molecular weight is 455 g/mol. The molecule has 1 aliphatic heterocycles. The fourth-order valence-electron chi connectivity index (χ4n) is 3.30. The standard InChI is InChI=1S/C26H34N2O5/c1-7-31-24-14-20(9-10-23(24)33-16-17(2)3)13-21-19(6)22(15-27)26(30)28(25(21)29)11-8-12-32-18(4)5/h9-10,13-14,17-18H,7-8,11-12,16H2,1-6H3/b21-13+. The van der Waals surface area contributed by atoms with Gasteiger partial charge in [-0.05, 0) is 69.4 Å². The van der Waals surface area contributed by atoms with Crippen molar-refractivity contribution in [2.24, 2.45) is 5.92 Å². The molecule has 0 saturated heterocycles. The van der Waals surface area contributed by atoms with Crippen molar-refractivity contribution in [1.29, 1.82) is 5.26 Å². The molecule has 0 saturated carbocycles. The zero-order valence-electron chi connectivity index (χ0n) is 20.4. The second-order valence-electron chi connectivity index (χ2n) is 8.55. The van der Waals surface area contributed by atoms with Crippen molar-refractivity contribution in [1.82, 2.24) is 4.90 Å². The molecular weight excluding hydrogens is 420 g/mol. The van der Waals surface area contributed by atoms with Gasteiger partial charge in [0.15, 0.2) is 11.5 Å². The number of nitrogens with zero attached hydrogens (tertiary/aromatic N) is 2. The van der Waals surface area contributed by atoms with Crippen molar-refractivity contribution in [2.75, 3.05) is 26.4 Å². The molecule has 1 aliphatic rings. The van der Waals surface area contributed by atoms with Gasteiger partial charge in [-0.25, -0.2) is 0 Å². The minimum Gasteiger partial charge on any atom is -0.490 e. The number of carbonyl (C=O) groups is 2. The lowest BCUT2D eigenvalue weighted by atomic mass is 9.93. The van der Waals surface area contributed by atoms with E-state index in [9.17, 15) is 14.9 Å². The van der Waals surface area contributed by atoms with Crippen molar-refractivity contribution >= 4 is 17.9 Å². The maximum Gasteiger partial charge on any atom is 0.271 e. The Kier molecular flexibility index (Phi) is 9.68. The van der Waals surface area contributed by atoms with E-state index in [-0.39, 0.29) is 18.2 Å². The van der Waals surface area contributed by atoms with Crippen LogP contribution in [-0.4, -0.2) is 49.2 Å². The van der Waals surface area contributed by atoms with Crippen molar-refractivity contribution in [3.8, 4) is 17.6 Å². The van der Waals surface area contributed by atoms with Crippen LogP contribution in [0.1, 0.15) is 53.5 Å². The first-order valence-corrected chi connectivity index (χ1v) is 11.4. The highest BCUT2D eigenvalue weighted by Crippen LogP contribution is 2.32. The highest BCUT2D eigenvalue weighted by Gasteiger charge is 2.35. The van der Waals surface area contributed by atoms with E-state index in [1.54, 1.807) is 19.1 Å². The number of nitriles is 1. The molecule has 0 aromatic heterocycles. The predicted molar refractivity (Wildman–Crippen MR) is 127 cm³/mol. The summed E-state index contributed by atoms with van der Waals surface area (Å²) in [7, 11) is 0. The van der Waals surface area contributed by atoms with Crippen molar-refractivity contribution in [3.63, 3.8) is 0 Å². The van der Waals surface area contributed by atoms with Crippen LogP contribution in [0.3, 0.4) is 0 Å². The smallest absolute Gasteiger partial charge is 0.271 e. The first-order valence-electron chi connectivity index (χ1n) is 11.4. The van der Waals surface area contributed by atoms with Gasteiger partial charge in [0.05, 0.1) is 19.3 Å². The van der Waals surface area contributed by atoms with Crippen molar-refractivity contribution in [2.45, 2.75) is 54.1 Å². The van der Waals surface area contributed by atoms with Gasteiger partial charge in [-0.2, -0.15) is 5.26 Å². The van der Waals surface area contributed by atoms with E-state index in [4.69, 9.17) is 14.2 Å². The lowest BCUT2D eigenvalue weighted by Gasteiger charge is -2.27. The van der Waals surface area contributed by atoms with Gasteiger partial charge in [-0.3, -0.25) is 14.5 Å². The molecule has 33 heavy (non-hydrogen) atoms. The molecule has 0 radical (unpaired) electrons. The van der Waals surface area contributed by atoms with Gasteiger partial charge in [0.2, 0.25) is 0 Å². The summed E-state index contributed by atoms with van der Waals surface area (Å²) in [5.74, 6) is 0.604. The Labute approximate surface area is 196 Å². The van der Waals surface area contributed by atoms with Gasteiger partial charge in [-0.15, -0.1) is 0 Å². The largest absolute Gasteiger partial charge is 0.490 e. The highest BCUT2D eigenvalue weighted by atomic mass is 16.5. The number of carbonyl (C=O) groups excluding carboxylic acids is 2. The van der Waals surface area contributed by atoms with Gasteiger partial charge >= 0.3 is 0 Å². The molecule has 178 valence electrons. The normalized spacial score (nSPS) is 15.6. The topological polar surface area (TPSA) is 88.9 Å². The van der Waals surface area contributed by atoms with Crippen LogP contribution >= 0.6 is 0 Å². The number of hydrogen-bond acceptors (Lipinski definition) is 6. The predicted octanol–water partition coefficient (Wildman–Crippen LogP) is 4.53. The van der Waals surface area contributed by atoms with Crippen LogP contribution in [0.4, 0.5) is 0 Å². The number of rotatable bonds is 11. The third-order valence-electron chi connectivity index (χ3n) is 4.95. The molecule has 7 nitrogen and oxygen atoms in total. The van der Waals surface area contributed by atoms with Gasteiger partial charge in [0.1, 0.15) is 11.6 Å². The lowest BCUT2D eigenvalue weighted by Crippen LogP contribution is -2.43. The number of benzene rings is 1. The van der Waals surface area contributed by atoms with E-state index in [1.807, 2.05) is 39.0 Å². The van der Waals surface area contributed by atoms with Crippen LogP contribution in [0.25, 0.3) is 6.08 Å². The third kappa shape index (κ3) is 6.93. The molecule has 1 aromatic carbocycles. The summed E-state index contributed by atoms with van der Waals surface area (Å²) in [6.45, 7) is 13.1. The zero-order valence-corrected chi connectivity index (χ0v) is 20.4. The van der Waals surface area contributed by atoms with Gasteiger partial charge in [0.25, 0.3) is 11.8 Å². The van der Waals surface area contributed by atoms with Crippen LogP contribution in [0, 0.1) is 17.2 Å². The number of amides is 2. The molecule has 2 rings (SSSR count). The van der Waals surface area contributed by atoms with E-state index in [0.29, 0.717) is 60.4 Å². The summed E-state index contributed by atoms with van der Waals surface area (Å²) in [5.41, 5.74) is 1.38. The molecule has 0 bridgehead atoms. The molecule has 7 heteroatoms. The Morgan fingerprint density at radius 3 is 2.42 bits per heavy atom. The van der Waals surface area contributed by atoms with Crippen LogP contribution in [0.15, 0.2) is 34.9 Å². The van der Waals surface area contributed by atoms with Gasteiger partial charge in [-0.1, -0.05) is 19.9 Å². The zero-order chi connectivity index (χ0) is 24.5. The van der Waals surface area contributed by atoms with E-state index in [1.165, 1.54) is 0 Å². The minimum atomic E-state index is -0.561. The van der Waals surface area contributed by atoms with E-state index < -0.39 is 11.8 Å². The molecule has 0 spiro atoms. The van der Waals surface area contributed by atoms with E-state index in [2.05, 4.69) is 13.8 Å². The van der Waals surface area contributed by atoms with E-state index in [0.717, 1.165) is 4.90 Å². The number of ether oxygens (including phenoxy) is 3. The van der Waals surface area contributed by atoms with Gasteiger partial charge in [0, 0.05) is 18.7 Å². The summed E-state index contributed by atoms with van der Waals surface area (Å²) in [6, 6.07) is 7.40. The summed E-state index contributed by atoms with van der Waals surface area (Å²) >= 11 is 0. The summed E-state index contributed by atoms with van der Waals surface area (Å²) < 4.78 is 17.1. The fourth-order valence-corrected chi connectivity index (χ4v) is 3.30. The summed E-state index contributed by atoms with van der Waals surface area (Å²) in [4.78, 5) is 27.1. The third-order valence-corrected chi connectivity index (χ3v) is 4.95. The molecule has 1 aromatic rings. The fraction of sp³-hybridized carbons (Fsp3) is 0.500. The monoisotopic (exact) mass is 454 g/mol. The highest BCUT2D eigenvalue weighted by molar-refractivity contribution is 6.19. The number of hydrogen-bond donors (Lipinski definition) is 0. The molecule has 0 unspecified atom stereocenters. The van der Waals surface area contributed by atoms with Crippen LogP contribution in [0.2, 0.25) is 0 Å². The SMILES string of the molecule is CCOc1cc(/C=C2/C(=O)N(CCCOC(C)C)C(=O)C(C#N)=C2C)ccc1OCC(C)C. The minimum absolute atomic E-state index is 0.0208. The molecule has 0 fully saturated rings. The first-order chi connectivity index (χ1) is 15.7. The van der Waals surface area contributed by atoms with E-state index >= 15 is 0 Å². The molecule has 1 heterocycles.